The minimum Gasteiger partial charge on any atom is -0.451 e. The summed E-state index contributed by atoms with van der Waals surface area (Å²) in [6.45, 7) is 8.16. The number of halogens is 1. The third-order valence-electron chi connectivity index (χ3n) is 6.42. The number of hydrogen-bond acceptors (Lipinski definition) is 7. The fraction of sp³-hybridized carbons (Fsp3) is 0.417. The first-order valence-corrected chi connectivity index (χ1v) is 11.1. The Hall–Kier alpha value is -3.13. The zero-order valence-corrected chi connectivity index (χ0v) is 18.4. The number of ether oxygens (including phenoxy) is 1. The van der Waals surface area contributed by atoms with E-state index in [1.165, 1.54) is 31.3 Å². The summed E-state index contributed by atoms with van der Waals surface area (Å²) in [7, 11) is 0. The quantitative estimate of drug-likeness (QED) is 0.646. The van der Waals surface area contributed by atoms with Crippen molar-refractivity contribution in [3.63, 3.8) is 0 Å². The molecule has 2 aromatic heterocycles. The van der Waals surface area contributed by atoms with Crippen LogP contribution in [-0.4, -0.2) is 46.1 Å². The standard InChI is InChI=1S/C24H27FN6O/c1-16(2)22-19(10-27-14-29-22)18-9-17(25)3-4-20(18)32-21-11-28-15-30-23(21)31-12-24(13-31)5-7-26-8-6-24/h3-4,9-11,14-16,26H,5-8,12-13H2,1-2H3. The van der Waals surface area contributed by atoms with Crippen molar-refractivity contribution in [2.45, 2.75) is 32.6 Å². The van der Waals surface area contributed by atoms with Gasteiger partial charge in [0.1, 0.15) is 24.2 Å². The van der Waals surface area contributed by atoms with Gasteiger partial charge < -0.3 is 15.0 Å². The molecule has 8 heteroatoms. The lowest BCUT2D eigenvalue weighted by Gasteiger charge is -2.53. The van der Waals surface area contributed by atoms with Crippen molar-refractivity contribution in [1.82, 2.24) is 25.3 Å². The first kappa shape index (κ1) is 20.8. The third-order valence-corrected chi connectivity index (χ3v) is 6.42. The minimum atomic E-state index is -0.342. The number of hydrogen-bond donors (Lipinski definition) is 1. The summed E-state index contributed by atoms with van der Waals surface area (Å²) >= 11 is 0. The predicted molar refractivity (Wildman–Crippen MR) is 120 cm³/mol. The molecule has 1 N–H and O–H groups in total. The van der Waals surface area contributed by atoms with E-state index in [9.17, 15) is 4.39 Å². The van der Waals surface area contributed by atoms with E-state index in [0.717, 1.165) is 43.3 Å². The number of anilines is 1. The van der Waals surface area contributed by atoms with E-state index < -0.39 is 0 Å². The molecular formula is C24H27FN6O. The Morgan fingerprint density at radius 3 is 2.53 bits per heavy atom. The Morgan fingerprint density at radius 2 is 1.75 bits per heavy atom. The van der Waals surface area contributed by atoms with Crippen LogP contribution in [0.5, 0.6) is 11.5 Å². The van der Waals surface area contributed by atoms with E-state index in [0.29, 0.717) is 22.5 Å². The molecule has 5 rings (SSSR count). The number of benzene rings is 1. The van der Waals surface area contributed by atoms with Crippen molar-refractivity contribution in [3.05, 3.63) is 54.8 Å². The highest BCUT2D eigenvalue weighted by Gasteiger charge is 2.44. The van der Waals surface area contributed by atoms with Crippen molar-refractivity contribution in [3.8, 4) is 22.6 Å². The zero-order chi connectivity index (χ0) is 22.1. The molecule has 2 aliphatic heterocycles. The molecule has 0 saturated carbocycles. The normalized spacial score (nSPS) is 17.4. The van der Waals surface area contributed by atoms with Gasteiger partial charge in [0.05, 0.1) is 11.9 Å². The Labute approximate surface area is 187 Å². The Morgan fingerprint density at radius 1 is 1.00 bits per heavy atom. The summed E-state index contributed by atoms with van der Waals surface area (Å²) in [5.41, 5.74) is 2.58. The third kappa shape index (κ3) is 3.90. The Kier molecular flexibility index (Phi) is 5.46. The highest BCUT2D eigenvalue weighted by Crippen LogP contribution is 2.44. The first-order chi connectivity index (χ1) is 15.5. The molecule has 0 atom stereocenters. The zero-order valence-electron chi connectivity index (χ0n) is 18.4. The SMILES string of the molecule is CC(C)c1ncncc1-c1cc(F)ccc1Oc1cncnc1N1CC2(CCNCC2)C1. The van der Waals surface area contributed by atoms with Gasteiger partial charge >= 0.3 is 0 Å². The molecule has 2 aliphatic rings. The van der Waals surface area contributed by atoms with Crippen molar-refractivity contribution in [1.29, 1.82) is 0 Å². The predicted octanol–water partition coefficient (Wildman–Crippen LogP) is 4.18. The van der Waals surface area contributed by atoms with Gasteiger partial charge in [0.25, 0.3) is 0 Å². The minimum absolute atomic E-state index is 0.155. The summed E-state index contributed by atoms with van der Waals surface area (Å²) in [5.74, 6) is 1.67. The second-order valence-electron chi connectivity index (χ2n) is 9.04. The van der Waals surface area contributed by atoms with Gasteiger partial charge in [-0.3, -0.25) is 0 Å². The van der Waals surface area contributed by atoms with Crippen LogP contribution < -0.4 is 15.0 Å². The van der Waals surface area contributed by atoms with E-state index in [2.05, 4.69) is 44.0 Å². The van der Waals surface area contributed by atoms with Gasteiger partial charge in [0.15, 0.2) is 11.6 Å². The molecule has 4 heterocycles. The molecule has 0 unspecified atom stereocenters. The molecule has 2 fully saturated rings. The molecule has 0 bridgehead atoms. The fourth-order valence-corrected chi connectivity index (χ4v) is 4.73. The molecule has 2 saturated heterocycles. The molecule has 0 amide bonds. The molecule has 166 valence electrons. The van der Waals surface area contributed by atoms with Gasteiger partial charge in [-0.25, -0.2) is 24.3 Å². The molecule has 3 aromatic rings. The highest BCUT2D eigenvalue weighted by molar-refractivity contribution is 5.73. The lowest BCUT2D eigenvalue weighted by molar-refractivity contribution is 0.148. The van der Waals surface area contributed by atoms with E-state index in [1.807, 2.05) is 0 Å². The Bertz CT molecular complexity index is 1110. The van der Waals surface area contributed by atoms with Gasteiger partial charge in [0, 0.05) is 35.8 Å². The molecule has 1 aromatic carbocycles. The molecule has 7 nitrogen and oxygen atoms in total. The number of aromatic nitrogens is 4. The van der Waals surface area contributed by atoms with Gasteiger partial charge in [0.2, 0.25) is 0 Å². The van der Waals surface area contributed by atoms with Crippen molar-refractivity contribution in [2.75, 3.05) is 31.1 Å². The topological polar surface area (TPSA) is 76.1 Å². The van der Waals surface area contributed by atoms with Gasteiger partial charge in [-0.05, 0) is 50.0 Å². The van der Waals surface area contributed by atoms with Crippen LogP contribution in [0.1, 0.15) is 38.3 Å². The maximum absolute atomic E-state index is 14.2. The van der Waals surface area contributed by atoms with Crippen molar-refractivity contribution in [2.24, 2.45) is 5.41 Å². The largest absolute Gasteiger partial charge is 0.451 e. The number of nitrogens with one attached hydrogen (secondary N) is 1. The number of piperidine rings is 1. The first-order valence-electron chi connectivity index (χ1n) is 11.1. The average molecular weight is 435 g/mol. The second kappa shape index (κ2) is 8.43. The van der Waals surface area contributed by atoms with E-state index in [-0.39, 0.29) is 11.7 Å². The van der Waals surface area contributed by atoms with Crippen LogP contribution in [0.15, 0.2) is 43.2 Å². The van der Waals surface area contributed by atoms with E-state index in [4.69, 9.17) is 4.74 Å². The molecule has 32 heavy (non-hydrogen) atoms. The fourth-order valence-electron chi connectivity index (χ4n) is 4.73. The van der Waals surface area contributed by atoms with Crippen LogP contribution in [0.25, 0.3) is 11.1 Å². The van der Waals surface area contributed by atoms with Gasteiger partial charge in [-0.2, -0.15) is 0 Å². The number of nitrogens with zero attached hydrogens (tertiary/aromatic N) is 5. The van der Waals surface area contributed by atoms with Crippen LogP contribution in [0.2, 0.25) is 0 Å². The number of rotatable bonds is 5. The Balaban J connectivity index is 1.47. The maximum atomic E-state index is 14.2. The van der Waals surface area contributed by atoms with Crippen LogP contribution >= 0.6 is 0 Å². The summed E-state index contributed by atoms with van der Waals surface area (Å²) in [6, 6.07) is 4.51. The molecule has 0 radical (unpaired) electrons. The average Bonchev–Trinajstić information content (AvgIpc) is 2.79. The van der Waals surface area contributed by atoms with Crippen LogP contribution in [0, 0.1) is 11.2 Å². The maximum Gasteiger partial charge on any atom is 0.188 e. The molecule has 1 spiro atoms. The van der Waals surface area contributed by atoms with Crippen LogP contribution in [0.3, 0.4) is 0 Å². The molecular weight excluding hydrogens is 407 g/mol. The highest BCUT2D eigenvalue weighted by atomic mass is 19.1. The second-order valence-corrected chi connectivity index (χ2v) is 9.04. The summed E-state index contributed by atoms with van der Waals surface area (Å²) in [4.78, 5) is 19.5. The van der Waals surface area contributed by atoms with E-state index in [1.54, 1.807) is 24.8 Å². The summed E-state index contributed by atoms with van der Waals surface area (Å²) < 4.78 is 20.6. The van der Waals surface area contributed by atoms with Crippen LogP contribution in [0.4, 0.5) is 10.2 Å². The van der Waals surface area contributed by atoms with Crippen LogP contribution in [-0.2, 0) is 0 Å². The van der Waals surface area contributed by atoms with Gasteiger partial charge in [-0.15, -0.1) is 0 Å². The lowest BCUT2D eigenvalue weighted by Crippen LogP contribution is -2.60. The summed E-state index contributed by atoms with van der Waals surface area (Å²) in [5, 5.41) is 3.44. The van der Waals surface area contributed by atoms with Crippen molar-refractivity contribution >= 4 is 5.82 Å². The molecule has 0 aliphatic carbocycles. The monoisotopic (exact) mass is 434 g/mol. The van der Waals surface area contributed by atoms with Gasteiger partial charge in [-0.1, -0.05) is 13.8 Å². The summed E-state index contributed by atoms with van der Waals surface area (Å²) in [6.07, 6.45) is 8.81. The van der Waals surface area contributed by atoms with E-state index >= 15 is 0 Å². The lowest BCUT2D eigenvalue weighted by atomic mass is 9.72. The smallest absolute Gasteiger partial charge is 0.188 e. The van der Waals surface area contributed by atoms with Crippen molar-refractivity contribution < 1.29 is 9.13 Å².